The highest BCUT2D eigenvalue weighted by molar-refractivity contribution is 7.94. The van der Waals surface area contributed by atoms with Crippen LogP contribution >= 0.6 is 11.3 Å². The second-order valence-electron chi connectivity index (χ2n) is 4.81. The predicted octanol–water partition coefficient (Wildman–Crippen LogP) is 3.82. The van der Waals surface area contributed by atoms with E-state index in [1.54, 1.807) is 36.4 Å². The van der Waals surface area contributed by atoms with Gasteiger partial charge in [0.2, 0.25) is 0 Å². The Kier molecular flexibility index (Phi) is 3.76. The Morgan fingerprint density at radius 2 is 1.82 bits per heavy atom. The van der Waals surface area contributed by atoms with Crippen LogP contribution in [0.4, 0.5) is 5.69 Å². The van der Waals surface area contributed by atoms with Crippen molar-refractivity contribution in [2.24, 2.45) is 0 Å². The summed E-state index contributed by atoms with van der Waals surface area (Å²) in [6.07, 6.45) is 0. The van der Waals surface area contributed by atoms with E-state index in [4.69, 9.17) is 4.52 Å². The molecule has 1 aromatic carbocycles. The molecule has 22 heavy (non-hydrogen) atoms. The lowest BCUT2D eigenvalue weighted by Gasteiger charge is -2.05. The smallest absolute Gasteiger partial charge is 0.271 e. The normalized spacial score (nSPS) is 11.5. The van der Waals surface area contributed by atoms with Crippen molar-refractivity contribution >= 4 is 27.0 Å². The van der Waals surface area contributed by atoms with Crippen molar-refractivity contribution in [1.29, 1.82) is 0 Å². The third kappa shape index (κ3) is 2.77. The second kappa shape index (κ2) is 5.58. The highest BCUT2D eigenvalue weighted by Gasteiger charge is 2.20. The van der Waals surface area contributed by atoms with Crippen molar-refractivity contribution in [1.82, 2.24) is 5.16 Å². The molecule has 0 unspecified atom stereocenters. The van der Waals surface area contributed by atoms with Crippen molar-refractivity contribution < 1.29 is 12.9 Å². The van der Waals surface area contributed by atoms with Gasteiger partial charge in [-0.15, -0.1) is 11.3 Å². The predicted molar refractivity (Wildman–Crippen MR) is 86.5 cm³/mol. The lowest BCUT2D eigenvalue weighted by Crippen LogP contribution is -2.11. The van der Waals surface area contributed by atoms with Crippen LogP contribution in [0, 0.1) is 13.8 Å². The number of aryl methyl sites for hydroxylation is 1. The first-order valence-electron chi connectivity index (χ1n) is 6.58. The fraction of sp³-hybridized carbons (Fsp3) is 0.133. The first-order valence-corrected chi connectivity index (χ1v) is 8.88. The third-order valence-corrected chi connectivity index (χ3v) is 6.21. The van der Waals surface area contributed by atoms with Gasteiger partial charge >= 0.3 is 0 Å². The van der Waals surface area contributed by atoms with E-state index in [1.807, 2.05) is 19.9 Å². The lowest BCUT2D eigenvalue weighted by atomic mass is 10.2. The van der Waals surface area contributed by atoms with Gasteiger partial charge in [0.05, 0.1) is 10.6 Å². The number of rotatable bonds is 4. The quantitative estimate of drug-likeness (QED) is 0.787. The number of hydrogen-bond donors (Lipinski definition) is 1. The van der Waals surface area contributed by atoms with E-state index in [0.29, 0.717) is 11.4 Å². The molecule has 114 valence electrons. The van der Waals surface area contributed by atoms with Gasteiger partial charge in [-0.2, -0.15) is 0 Å². The van der Waals surface area contributed by atoms with Crippen LogP contribution in [0.5, 0.6) is 0 Å². The Morgan fingerprint density at radius 3 is 2.45 bits per heavy atom. The number of benzene rings is 1. The van der Waals surface area contributed by atoms with Gasteiger partial charge in [0, 0.05) is 11.3 Å². The van der Waals surface area contributed by atoms with E-state index in [0.717, 1.165) is 27.5 Å². The minimum absolute atomic E-state index is 0.236. The van der Waals surface area contributed by atoms with E-state index >= 15 is 0 Å². The van der Waals surface area contributed by atoms with Gasteiger partial charge in [0.1, 0.15) is 4.21 Å². The molecule has 0 radical (unpaired) electrons. The van der Waals surface area contributed by atoms with Crippen molar-refractivity contribution in [3.05, 3.63) is 53.7 Å². The maximum atomic E-state index is 12.4. The fourth-order valence-corrected chi connectivity index (χ4v) is 4.34. The van der Waals surface area contributed by atoms with E-state index in [9.17, 15) is 8.42 Å². The van der Waals surface area contributed by atoms with Crippen LogP contribution in [0.3, 0.4) is 0 Å². The SMILES string of the molecule is Cc1noc(-c2ccc(S(=O)(=O)Nc3ccccc3)s2)c1C. The monoisotopic (exact) mass is 334 g/mol. The molecule has 0 aliphatic carbocycles. The van der Waals surface area contributed by atoms with Crippen molar-refractivity contribution in [2.75, 3.05) is 4.72 Å². The highest BCUT2D eigenvalue weighted by atomic mass is 32.2. The fourth-order valence-electron chi connectivity index (χ4n) is 1.94. The molecule has 5 nitrogen and oxygen atoms in total. The summed E-state index contributed by atoms with van der Waals surface area (Å²) in [5.74, 6) is 0.615. The zero-order valence-electron chi connectivity index (χ0n) is 12.0. The maximum absolute atomic E-state index is 12.4. The van der Waals surface area contributed by atoms with Gasteiger partial charge in [0.15, 0.2) is 5.76 Å². The third-order valence-electron chi connectivity index (χ3n) is 3.25. The molecule has 7 heteroatoms. The van der Waals surface area contributed by atoms with Gasteiger partial charge in [-0.3, -0.25) is 4.72 Å². The number of anilines is 1. The molecule has 0 aliphatic rings. The number of hydrogen-bond acceptors (Lipinski definition) is 5. The summed E-state index contributed by atoms with van der Waals surface area (Å²) in [7, 11) is -3.60. The molecule has 0 spiro atoms. The maximum Gasteiger partial charge on any atom is 0.271 e. The molecule has 0 bridgehead atoms. The van der Waals surface area contributed by atoms with Crippen LogP contribution in [0.1, 0.15) is 11.3 Å². The molecule has 0 atom stereocenters. The van der Waals surface area contributed by atoms with Crippen LogP contribution in [0.2, 0.25) is 0 Å². The van der Waals surface area contributed by atoms with Crippen LogP contribution < -0.4 is 4.72 Å². The Morgan fingerprint density at radius 1 is 1.09 bits per heavy atom. The molecule has 3 aromatic rings. The summed E-state index contributed by atoms with van der Waals surface area (Å²) in [5, 5.41) is 3.90. The van der Waals surface area contributed by atoms with Crippen LogP contribution in [-0.2, 0) is 10.0 Å². The molecule has 0 aliphatic heterocycles. The van der Waals surface area contributed by atoms with Crippen molar-refractivity contribution in [3.8, 4) is 10.6 Å². The molecular formula is C15H14N2O3S2. The molecule has 0 saturated heterocycles. The number of para-hydroxylation sites is 1. The summed E-state index contributed by atoms with van der Waals surface area (Å²) >= 11 is 1.16. The number of nitrogens with zero attached hydrogens (tertiary/aromatic N) is 1. The Labute approximate surface area is 132 Å². The summed E-state index contributed by atoms with van der Waals surface area (Å²) < 4.78 is 32.8. The van der Waals surface area contributed by atoms with E-state index in [1.165, 1.54) is 0 Å². The number of sulfonamides is 1. The molecule has 0 saturated carbocycles. The lowest BCUT2D eigenvalue weighted by molar-refractivity contribution is 0.427. The summed E-state index contributed by atoms with van der Waals surface area (Å²) in [6, 6.07) is 12.1. The van der Waals surface area contributed by atoms with E-state index < -0.39 is 10.0 Å². The summed E-state index contributed by atoms with van der Waals surface area (Å²) in [5.41, 5.74) is 2.25. The zero-order chi connectivity index (χ0) is 15.7. The molecule has 1 N–H and O–H groups in total. The average molecular weight is 334 g/mol. The van der Waals surface area contributed by atoms with Gasteiger partial charge < -0.3 is 4.52 Å². The Hall–Kier alpha value is -2.12. The topological polar surface area (TPSA) is 72.2 Å². The van der Waals surface area contributed by atoms with Crippen molar-refractivity contribution in [3.63, 3.8) is 0 Å². The standard InChI is InChI=1S/C15H14N2O3S2/c1-10-11(2)16-20-15(10)13-8-9-14(21-13)22(18,19)17-12-6-4-3-5-7-12/h3-9,17H,1-2H3. The summed E-state index contributed by atoms with van der Waals surface area (Å²) in [4.78, 5) is 0.742. The largest absolute Gasteiger partial charge is 0.355 e. The number of nitrogens with one attached hydrogen (secondary N) is 1. The van der Waals surface area contributed by atoms with Crippen LogP contribution in [-0.4, -0.2) is 13.6 Å². The number of aromatic nitrogens is 1. The average Bonchev–Trinajstić information content (AvgIpc) is 3.09. The first-order chi connectivity index (χ1) is 10.5. The van der Waals surface area contributed by atoms with E-state index in [-0.39, 0.29) is 4.21 Å². The molecule has 2 aromatic heterocycles. The molecule has 3 rings (SSSR count). The highest BCUT2D eigenvalue weighted by Crippen LogP contribution is 2.34. The van der Waals surface area contributed by atoms with E-state index in [2.05, 4.69) is 9.88 Å². The minimum atomic E-state index is -3.60. The van der Waals surface area contributed by atoms with Gasteiger partial charge in [-0.1, -0.05) is 23.4 Å². The molecular weight excluding hydrogens is 320 g/mol. The van der Waals surface area contributed by atoms with Gasteiger partial charge in [-0.05, 0) is 38.1 Å². The number of thiophene rings is 1. The van der Waals surface area contributed by atoms with Gasteiger partial charge in [-0.25, -0.2) is 8.42 Å². The van der Waals surface area contributed by atoms with Gasteiger partial charge in [0.25, 0.3) is 10.0 Å². The second-order valence-corrected chi connectivity index (χ2v) is 7.81. The Bertz CT molecular complexity index is 896. The zero-order valence-corrected chi connectivity index (χ0v) is 13.7. The molecule has 2 heterocycles. The van der Waals surface area contributed by atoms with Crippen LogP contribution in [0.25, 0.3) is 10.6 Å². The molecule has 0 amide bonds. The Balaban J connectivity index is 1.91. The van der Waals surface area contributed by atoms with Crippen molar-refractivity contribution in [2.45, 2.75) is 18.1 Å². The van der Waals surface area contributed by atoms with Crippen LogP contribution in [0.15, 0.2) is 51.2 Å². The first kappa shape index (κ1) is 14.8. The summed E-state index contributed by atoms with van der Waals surface area (Å²) in [6.45, 7) is 3.75. The minimum Gasteiger partial charge on any atom is -0.355 e. The molecule has 0 fully saturated rings.